The summed E-state index contributed by atoms with van der Waals surface area (Å²) in [4.78, 5) is 0. The molecule has 0 aliphatic carbocycles. The van der Waals surface area contributed by atoms with Gasteiger partial charge in [0.25, 0.3) is 0 Å². The van der Waals surface area contributed by atoms with Crippen molar-refractivity contribution in [2.75, 3.05) is 24.2 Å². The highest BCUT2D eigenvalue weighted by Gasteiger charge is 2.06. The Hall–Kier alpha value is -1.73. The van der Waals surface area contributed by atoms with E-state index in [1.165, 1.54) is 0 Å². The maximum atomic E-state index is 8.89. The van der Waals surface area contributed by atoms with Gasteiger partial charge in [0.05, 0.1) is 11.3 Å². The van der Waals surface area contributed by atoms with E-state index < -0.39 is 0 Å². The fourth-order valence-electron chi connectivity index (χ4n) is 1.67. The number of nitriles is 1. The van der Waals surface area contributed by atoms with Crippen molar-refractivity contribution in [1.29, 1.82) is 5.26 Å². The average Bonchev–Trinajstić information content (AvgIpc) is 2.34. The molecule has 17 heavy (non-hydrogen) atoms. The van der Waals surface area contributed by atoms with Crippen molar-refractivity contribution in [3.8, 4) is 6.07 Å². The van der Waals surface area contributed by atoms with Crippen LogP contribution in [0.4, 0.5) is 11.4 Å². The summed E-state index contributed by atoms with van der Waals surface area (Å²) in [6.45, 7) is 3.13. The number of aliphatic hydroxyl groups is 1. The van der Waals surface area contributed by atoms with Gasteiger partial charge in [0, 0.05) is 18.8 Å². The third-order valence-corrected chi connectivity index (χ3v) is 2.88. The van der Waals surface area contributed by atoms with Gasteiger partial charge in [-0.15, -0.1) is 0 Å². The van der Waals surface area contributed by atoms with Crippen LogP contribution in [-0.2, 0) is 0 Å². The van der Waals surface area contributed by atoms with Crippen LogP contribution in [0.25, 0.3) is 0 Å². The van der Waals surface area contributed by atoms with Crippen LogP contribution in [-0.4, -0.2) is 18.3 Å². The Morgan fingerprint density at radius 2 is 2.29 bits per heavy atom. The minimum absolute atomic E-state index is 0.218. The normalized spacial score (nSPS) is 11.8. The first-order valence-electron chi connectivity index (χ1n) is 5.85. The summed E-state index contributed by atoms with van der Waals surface area (Å²) >= 11 is 0. The summed E-state index contributed by atoms with van der Waals surface area (Å²) in [6.07, 6.45) is 1.83. The number of hydrogen-bond donors (Lipinski definition) is 3. The van der Waals surface area contributed by atoms with Crippen molar-refractivity contribution in [2.24, 2.45) is 5.92 Å². The van der Waals surface area contributed by atoms with Crippen molar-refractivity contribution in [1.82, 2.24) is 0 Å². The minimum atomic E-state index is 0.218. The van der Waals surface area contributed by atoms with Crippen LogP contribution in [0, 0.1) is 17.2 Å². The lowest BCUT2D eigenvalue weighted by atomic mass is 10.0. The molecular weight excluding hydrogens is 214 g/mol. The molecule has 1 aromatic rings. The monoisotopic (exact) mass is 233 g/mol. The number of nitrogens with one attached hydrogen (secondary N) is 1. The highest BCUT2D eigenvalue weighted by Crippen LogP contribution is 2.18. The van der Waals surface area contributed by atoms with Gasteiger partial charge in [-0.2, -0.15) is 5.26 Å². The molecule has 0 saturated heterocycles. The Bertz CT molecular complexity index is 398. The molecule has 92 valence electrons. The summed E-state index contributed by atoms with van der Waals surface area (Å²) in [6, 6.07) is 7.36. The van der Waals surface area contributed by atoms with Crippen molar-refractivity contribution in [3.63, 3.8) is 0 Å². The fraction of sp³-hybridized carbons (Fsp3) is 0.462. The lowest BCUT2D eigenvalue weighted by Crippen LogP contribution is -2.15. The van der Waals surface area contributed by atoms with Crippen LogP contribution in [0.2, 0.25) is 0 Å². The number of nitrogens with two attached hydrogens (primary N) is 1. The summed E-state index contributed by atoms with van der Waals surface area (Å²) in [5.41, 5.74) is 7.63. The van der Waals surface area contributed by atoms with E-state index in [4.69, 9.17) is 16.1 Å². The minimum Gasteiger partial charge on any atom is -0.398 e. The summed E-state index contributed by atoms with van der Waals surface area (Å²) in [7, 11) is 0. The molecule has 4 nitrogen and oxygen atoms in total. The molecule has 0 fully saturated rings. The summed E-state index contributed by atoms with van der Waals surface area (Å²) in [5.74, 6) is 0.455. The van der Waals surface area contributed by atoms with Gasteiger partial charge in [0.1, 0.15) is 6.07 Å². The SMILES string of the molecule is CCC(CCO)CNc1ccc(C#N)c(N)c1. The topological polar surface area (TPSA) is 82.1 Å². The Morgan fingerprint density at radius 1 is 1.53 bits per heavy atom. The van der Waals surface area contributed by atoms with Crippen LogP contribution >= 0.6 is 0 Å². The van der Waals surface area contributed by atoms with Crippen molar-refractivity contribution in [3.05, 3.63) is 23.8 Å². The number of nitrogens with zero attached hydrogens (tertiary/aromatic N) is 1. The second-order valence-corrected chi connectivity index (χ2v) is 4.08. The zero-order valence-corrected chi connectivity index (χ0v) is 10.1. The molecular formula is C13H19N3O. The molecule has 0 bridgehead atoms. The van der Waals surface area contributed by atoms with E-state index >= 15 is 0 Å². The highest BCUT2D eigenvalue weighted by atomic mass is 16.3. The van der Waals surface area contributed by atoms with Gasteiger partial charge >= 0.3 is 0 Å². The van der Waals surface area contributed by atoms with Crippen LogP contribution < -0.4 is 11.1 Å². The molecule has 1 unspecified atom stereocenters. The summed E-state index contributed by atoms with van der Waals surface area (Å²) in [5, 5.41) is 20.9. The molecule has 0 heterocycles. The Balaban J connectivity index is 2.58. The smallest absolute Gasteiger partial charge is 0.101 e. The number of nitrogen functional groups attached to an aromatic ring is 1. The number of benzene rings is 1. The van der Waals surface area contributed by atoms with Gasteiger partial charge in [-0.1, -0.05) is 13.3 Å². The number of rotatable bonds is 6. The first-order valence-corrected chi connectivity index (χ1v) is 5.85. The molecule has 4 heteroatoms. The van der Waals surface area contributed by atoms with Crippen molar-refractivity contribution < 1.29 is 5.11 Å². The third kappa shape index (κ3) is 3.97. The molecule has 0 aromatic heterocycles. The standard InChI is InChI=1S/C13H19N3O/c1-2-10(5-6-17)9-16-12-4-3-11(8-14)13(15)7-12/h3-4,7,10,16-17H,2,5-6,9,15H2,1H3. The van der Waals surface area contributed by atoms with E-state index in [1.807, 2.05) is 12.1 Å². The second-order valence-electron chi connectivity index (χ2n) is 4.08. The van der Waals surface area contributed by atoms with E-state index in [0.29, 0.717) is 17.2 Å². The van der Waals surface area contributed by atoms with E-state index in [-0.39, 0.29) is 6.61 Å². The predicted molar refractivity (Wildman–Crippen MR) is 69.5 cm³/mol. The first kappa shape index (κ1) is 13.3. The average molecular weight is 233 g/mol. The fourth-order valence-corrected chi connectivity index (χ4v) is 1.67. The molecule has 1 aromatic carbocycles. The second kappa shape index (κ2) is 6.77. The Morgan fingerprint density at radius 3 is 2.82 bits per heavy atom. The largest absolute Gasteiger partial charge is 0.398 e. The number of aliphatic hydroxyl groups excluding tert-OH is 1. The Kier molecular flexibility index (Phi) is 5.31. The Labute approximate surface area is 102 Å². The predicted octanol–water partition coefficient (Wildman–Crippen LogP) is 1.96. The van der Waals surface area contributed by atoms with E-state index in [2.05, 4.69) is 12.2 Å². The van der Waals surface area contributed by atoms with Crippen molar-refractivity contribution in [2.45, 2.75) is 19.8 Å². The third-order valence-electron chi connectivity index (χ3n) is 2.88. The lowest BCUT2D eigenvalue weighted by Gasteiger charge is -2.15. The quantitative estimate of drug-likeness (QED) is 0.656. The summed E-state index contributed by atoms with van der Waals surface area (Å²) < 4.78 is 0. The van der Waals surface area contributed by atoms with Gasteiger partial charge in [0.2, 0.25) is 0 Å². The number of hydrogen-bond acceptors (Lipinski definition) is 4. The van der Waals surface area contributed by atoms with Gasteiger partial charge in [-0.3, -0.25) is 0 Å². The molecule has 0 amide bonds. The van der Waals surface area contributed by atoms with Gasteiger partial charge in [0.15, 0.2) is 0 Å². The molecule has 0 spiro atoms. The number of anilines is 2. The van der Waals surface area contributed by atoms with E-state index in [0.717, 1.165) is 25.1 Å². The zero-order valence-electron chi connectivity index (χ0n) is 10.1. The maximum absolute atomic E-state index is 8.89. The van der Waals surface area contributed by atoms with E-state index in [9.17, 15) is 0 Å². The molecule has 0 saturated carbocycles. The van der Waals surface area contributed by atoms with E-state index in [1.54, 1.807) is 12.1 Å². The maximum Gasteiger partial charge on any atom is 0.101 e. The first-order chi connectivity index (χ1) is 8.21. The van der Waals surface area contributed by atoms with Crippen LogP contribution in [0.1, 0.15) is 25.3 Å². The van der Waals surface area contributed by atoms with Crippen LogP contribution in [0.5, 0.6) is 0 Å². The molecule has 1 atom stereocenters. The highest BCUT2D eigenvalue weighted by molar-refractivity contribution is 5.62. The van der Waals surface area contributed by atoms with Crippen molar-refractivity contribution >= 4 is 11.4 Å². The zero-order chi connectivity index (χ0) is 12.7. The molecule has 4 N–H and O–H groups in total. The van der Waals surface area contributed by atoms with Gasteiger partial charge < -0.3 is 16.2 Å². The van der Waals surface area contributed by atoms with Gasteiger partial charge in [-0.25, -0.2) is 0 Å². The molecule has 0 aliphatic heterocycles. The molecule has 0 radical (unpaired) electrons. The molecule has 1 rings (SSSR count). The van der Waals surface area contributed by atoms with Crippen LogP contribution in [0.15, 0.2) is 18.2 Å². The van der Waals surface area contributed by atoms with Gasteiger partial charge in [-0.05, 0) is 30.5 Å². The van der Waals surface area contributed by atoms with Crippen LogP contribution in [0.3, 0.4) is 0 Å². The lowest BCUT2D eigenvalue weighted by molar-refractivity contribution is 0.258. The molecule has 0 aliphatic rings.